The fraction of sp³-hybridized carbons (Fsp3) is 0.731. The van der Waals surface area contributed by atoms with E-state index in [0.717, 1.165) is 0 Å². The van der Waals surface area contributed by atoms with E-state index >= 15 is 4.39 Å². The zero-order valence-electron chi connectivity index (χ0n) is 20.2. The predicted octanol–water partition coefficient (Wildman–Crippen LogP) is 3.51. The van der Waals surface area contributed by atoms with Crippen LogP contribution in [0.4, 0.5) is 4.39 Å². The number of allylic oxidation sites excluding steroid dienone is 4. The van der Waals surface area contributed by atoms with E-state index in [2.05, 4.69) is 0 Å². The smallest absolute Gasteiger partial charge is 0.306 e. The molecule has 182 valence electrons. The average Bonchev–Trinajstić information content (AvgIpc) is 2.97. The first-order valence-corrected chi connectivity index (χ1v) is 12.0. The van der Waals surface area contributed by atoms with Crippen molar-refractivity contribution in [2.75, 3.05) is 13.7 Å². The Hall–Kier alpha value is -1.86. The number of alkyl halides is 1. The van der Waals surface area contributed by atoms with E-state index in [1.807, 2.05) is 13.8 Å². The topological polar surface area (TPSA) is 89.9 Å². The molecule has 3 saturated carbocycles. The van der Waals surface area contributed by atoms with Crippen LogP contribution in [0.5, 0.6) is 0 Å². The fourth-order valence-electron chi connectivity index (χ4n) is 7.89. The molecule has 4 aliphatic carbocycles. The minimum Gasteiger partial charge on any atom is -0.450 e. The molecule has 0 aromatic carbocycles. The minimum absolute atomic E-state index is 0.0217. The lowest BCUT2D eigenvalue weighted by Crippen LogP contribution is -2.70. The summed E-state index contributed by atoms with van der Waals surface area (Å²) >= 11 is 0. The van der Waals surface area contributed by atoms with Crippen molar-refractivity contribution in [3.05, 3.63) is 23.8 Å². The third-order valence-corrected chi connectivity index (χ3v) is 9.43. The normalized spacial score (nSPS) is 46.2. The highest BCUT2D eigenvalue weighted by Crippen LogP contribution is 2.71. The molecular weight excluding hydrogens is 427 g/mol. The van der Waals surface area contributed by atoms with Crippen molar-refractivity contribution >= 4 is 17.5 Å². The molecule has 0 aromatic heterocycles. The molecule has 0 saturated heterocycles. The van der Waals surface area contributed by atoms with Crippen LogP contribution >= 0.6 is 0 Å². The van der Waals surface area contributed by atoms with Crippen LogP contribution in [0.25, 0.3) is 0 Å². The van der Waals surface area contributed by atoms with Gasteiger partial charge in [-0.05, 0) is 50.7 Å². The molecule has 0 aromatic rings. The first-order valence-electron chi connectivity index (χ1n) is 12.0. The standard InChI is InChI=1S/C26H35FO6/c1-6-22(31)33-26(21(30)14-32-5)15(2)11-19-18-8-7-16-12-17(28)9-10-23(16,3)25(18,27)20(29)13-24(19,26)4/h9-10,12,15,18-20,29H,6-8,11,13-14H2,1-5H3/t15-,18+,19+,20+,23+,24+,25+,26+/m1/s1. The Kier molecular flexibility index (Phi) is 5.77. The Balaban J connectivity index is 1.84. The molecule has 0 bridgehead atoms. The number of aliphatic hydroxyl groups is 1. The van der Waals surface area contributed by atoms with Gasteiger partial charge in [-0.2, -0.15) is 0 Å². The van der Waals surface area contributed by atoms with Crippen LogP contribution < -0.4 is 0 Å². The number of ketones is 2. The van der Waals surface area contributed by atoms with E-state index in [9.17, 15) is 19.5 Å². The molecular formula is C26H35FO6. The largest absolute Gasteiger partial charge is 0.450 e. The Morgan fingerprint density at radius 3 is 2.61 bits per heavy atom. The molecule has 4 aliphatic rings. The summed E-state index contributed by atoms with van der Waals surface area (Å²) in [4.78, 5) is 38.1. The van der Waals surface area contributed by atoms with Crippen molar-refractivity contribution < 1.29 is 33.4 Å². The Morgan fingerprint density at radius 1 is 1.27 bits per heavy atom. The molecule has 1 N–H and O–H groups in total. The summed E-state index contributed by atoms with van der Waals surface area (Å²) in [5.41, 5.74) is -4.82. The fourth-order valence-corrected chi connectivity index (χ4v) is 7.89. The molecule has 0 spiro atoms. The number of halogens is 1. The van der Waals surface area contributed by atoms with Crippen LogP contribution in [-0.2, 0) is 23.9 Å². The monoisotopic (exact) mass is 462 g/mol. The maximum atomic E-state index is 17.3. The zero-order valence-corrected chi connectivity index (χ0v) is 20.2. The SMILES string of the molecule is CCC(=O)O[C@]1(C(=O)COC)[C@H](C)C[C@H]2[C@@H]3CCC4=CC(=O)C=C[C@]4(C)[C@@]3(F)[C@@H](O)C[C@@]21C. The van der Waals surface area contributed by atoms with Gasteiger partial charge in [0.15, 0.2) is 17.1 Å². The van der Waals surface area contributed by atoms with E-state index in [-0.39, 0.29) is 42.9 Å². The van der Waals surface area contributed by atoms with E-state index < -0.39 is 40.1 Å². The highest BCUT2D eigenvalue weighted by atomic mass is 19.1. The molecule has 33 heavy (non-hydrogen) atoms. The van der Waals surface area contributed by atoms with Crippen molar-refractivity contribution in [2.24, 2.45) is 28.6 Å². The number of hydrogen-bond acceptors (Lipinski definition) is 6. The van der Waals surface area contributed by atoms with Gasteiger partial charge in [0.05, 0.1) is 6.10 Å². The van der Waals surface area contributed by atoms with E-state index in [0.29, 0.717) is 24.8 Å². The second-order valence-corrected chi connectivity index (χ2v) is 10.8. The van der Waals surface area contributed by atoms with Gasteiger partial charge >= 0.3 is 5.97 Å². The number of carbonyl (C=O) groups excluding carboxylic acids is 3. The van der Waals surface area contributed by atoms with Crippen molar-refractivity contribution in [1.29, 1.82) is 0 Å². The molecule has 8 atom stereocenters. The number of hydrogen-bond donors (Lipinski definition) is 1. The third-order valence-electron chi connectivity index (χ3n) is 9.43. The zero-order chi connectivity index (χ0) is 24.4. The Labute approximate surface area is 194 Å². The van der Waals surface area contributed by atoms with Gasteiger partial charge in [0.1, 0.15) is 6.61 Å². The Bertz CT molecular complexity index is 941. The summed E-state index contributed by atoms with van der Waals surface area (Å²) in [6.45, 7) is 6.96. The highest BCUT2D eigenvalue weighted by molar-refractivity contribution is 6.01. The number of ether oxygens (including phenoxy) is 2. The molecule has 6 nitrogen and oxygen atoms in total. The summed E-state index contributed by atoms with van der Waals surface area (Å²) in [7, 11) is 1.42. The number of fused-ring (bicyclic) bond motifs is 5. The van der Waals surface area contributed by atoms with Crippen LogP contribution in [0.2, 0.25) is 0 Å². The van der Waals surface area contributed by atoms with Gasteiger partial charge in [0, 0.05) is 36.2 Å². The van der Waals surface area contributed by atoms with Crippen LogP contribution in [-0.4, -0.2) is 53.7 Å². The van der Waals surface area contributed by atoms with Gasteiger partial charge in [-0.1, -0.05) is 32.4 Å². The van der Waals surface area contributed by atoms with Crippen LogP contribution in [0.15, 0.2) is 23.8 Å². The minimum atomic E-state index is -1.99. The maximum Gasteiger partial charge on any atom is 0.306 e. The second kappa shape index (κ2) is 7.84. The van der Waals surface area contributed by atoms with Crippen LogP contribution in [0.3, 0.4) is 0 Å². The third kappa shape index (κ3) is 2.94. The van der Waals surface area contributed by atoms with Crippen molar-refractivity contribution in [3.8, 4) is 0 Å². The first-order chi connectivity index (χ1) is 15.4. The lowest BCUT2D eigenvalue weighted by molar-refractivity contribution is -0.228. The molecule has 4 rings (SSSR count). The number of aliphatic hydroxyl groups excluding tert-OH is 1. The second-order valence-electron chi connectivity index (χ2n) is 10.8. The number of Topliss-reactive ketones (excluding diaryl/α,β-unsaturated/α-hetero) is 1. The molecule has 3 fully saturated rings. The summed E-state index contributed by atoms with van der Waals surface area (Å²) in [6.07, 6.45) is 4.71. The van der Waals surface area contributed by atoms with Crippen molar-refractivity contribution in [1.82, 2.24) is 0 Å². The molecule has 0 unspecified atom stereocenters. The van der Waals surface area contributed by atoms with Gasteiger partial charge in [-0.25, -0.2) is 4.39 Å². The van der Waals surface area contributed by atoms with Gasteiger partial charge < -0.3 is 14.6 Å². The predicted molar refractivity (Wildman–Crippen MR) is 119 cm³/mol. The van der Waals surface area contributed by atoms with E-state index in [1.54, 1.807) is 19.9 Å². The molecule has 0 aliphatic heterocycles. The summed E-state index contributed by atoms with van der Waals surface area (Å²) < 4.78 is 28.4. The van der Waals surface area contributed by atoms with Crippen molar-refractivity contribution in [2.45, 2.75) is 77.2 Å². The molecule has 0 amide bonds. The van der Waals surface area contributed by atoms with Crippen molar-refractivity contribution in [3.63, 3.8) is 0 Å². The number of rotatable bonds is 5. The summed E-state index contributed by atoms with van der Waals surface area (Å²) in [6, 6.07) is 0. The van der Waals surface area contributed by atoms with Gasteiger partial charge in [-0.15, -0.1) is 0 Å². The first kappa shape index (κ1) is 24.3. The Morgan fingerprint density at radius 2 is 1.97 bits per heavy atom. The van der Waals surface area contributed by atoms with Gasteiger partial charge in [0.25, 0.3) is 0 Å². The van der Waals surface area contributed by atoms with Crippen LogP contribution in [0, 0.1) is 28.6 Å². The molecule has 0 radical (unpaired) electrons. The quantitative estimate of drug-likeness (QED) is 0.629. The molecule has 0 heterocycles. The lowest BCUT2D eigenvalue weighted by Gasteiger charge is -2.62. The summed E-state index contributed by atoms with van der Waals surface area (Å²) in [5.74, 6) is -2.18. The summed E-state index contributed by atoms with van der Waals surface area (Å²) in [5, 5.41) is 11.5. The van der Waals surface area contributed by atoms with Gasteiger partial charge in [0.2, 0.25) is 5.78 Å². The number of carbonyl (C=O) groups is 3. The van der Waals surface area contributed by atoms with Gasteiger partial charge in [-0.3, -0.25) is 14.4 Å². The van der Waals surface area contributed by atoms with E-state index in [1.165, 1.54) is 19.3 Å². The lowest BCUT2D eigenvalue weighted by atomic mass is 9.44. The average molecular weight is 463 g/mol. The number of esters is 1. The molecule has 7 heteroatoms. The highest BCUT2D eigenvalue weighted by Gasteiger charge is 2.77. The maximum absolute atomic E-state index is 17.3. The van der Waals surface area contributed by atoms with Crippen LogP contribution in [0.1, 0.15) is 59.8 Å². The number of methoxy groups -OCH3 is 1. The van der Waals surface area contributed by atoms with E-state index in [4.69, 9.17) is 9.47 Å².